The maximum Gasteiger partial charge on any atom is 0.250 e. The Hall–Kier alpha value is 0.340. The van der Waals surface area contributed by atoms with Crippen molar-refractivity contribution in [1.29, 1.82) is 0 Å². The SMILES string of the molecule is CC(C)[C@@H](CO)NS(=O)(=O)c1cc(Cl)c(Br)s1. The Labute approximate surface area is 118 Å². The lowest BCUT2D eigenvalue weighted by atomic mass is 10.1. The highest BCUT2D eigenvalue weighted by atomic mass is 79.9. The van der Waals surface area contributed by atoms with Crippen LogP contribution < -0.4 is 4.72 Å². The number of hydrogen-bond acceptors (Lipinski definition) is 4. The third-order valence-electron chi connectivity index (χ3n) is 2.20. The molecular formula is C9H13BrClNO3S2. The van der Waals surface area contributed by atoms with E-state index in [2.05, 4.69) is 20.7 Å². The molecule has 0 bridgehead atoms. The number of hydrogen-bond donors (Lipinski definition) is 2. The number of thiophene rings is 1. The third kappa shape index (κ3) is 3.90. The van der Waals surface area contributed by atoms with E-state index >= 15 is 0 Å². The second-order valence-electron chi connectivity index (χ2n) is 3.84. The second-order valence-corrected chi connectivity index (χ2v) is 8.56. The normalized spacial score (nSPS) is 14.2. The van der Waals surface area contributed by atoms with E-state index in [0.717, 1.165) is 11.3 Å². The van der Waals surface area contributed by atoms with E-state index in [1.165, 1.54) is 6.07 Å². The Morgan fingerprint density at radius 1 is 1.59 bits per heavy atom. The van der Waals surface area contributed by atoms with Crippen LogP contribution in [0.3, 0.4) is 0 Å². The summed E-state index contributed by atoms with van der Waals surface area (Å²) in [7, 11) is -3.62. The van der Waals surface area contributed by atoms with E-state index in [-0.39, 0.29) is 16.7 Å². The van der Waals surface area contributed by atoms with Crippen molar-refractivity contribution in [2.24, 2.45) is 5.92 Å². The average Bonchev–Trinajstić information content (AvgIpc) is 2.56. The van der Waals surface area contributed by atoms with Crippen molar-refractivity contribution in [2.75, 3.05) is 6.61 Å². The van der Waals surface area contributed by atoms with Gasteiger partial charge in [-0.1, -0.05) is 25.4 Å². The largest absolute Gasteiger partial charge is 0.395 e. The maximum absolute atomic E-state index is 12.0. The van der Waals surface area contributed by atoms with Gasteiger partial charge in [-0.2, -0.15) is 0 Å². The zero-order valence-electron chi connectivity index (χ0n) is 9.28. The summed E-state index contributed by atoms with van der Waals surface area (Å²) in [6, 6.07) is 0.882. The van der Waals surface area contributed by atoms with E-state index in [4.69, 9.17) is 16.7 Å². The summed E-state index contributed by atoms with van der Waals surface area (Å²) in [5.74, 6) is 0.00801. The molecule has 2 N–H and O–H groups in total. The minimum Gasteiger partial charge on any atom is -0.395 e. The summed E-state index contributed by atoms with van der Waals surface area (Å²) in [5.41, 5.74) is 0. The van der Waals surface area contributed by atoms with Gasteiger partial charge >= 0.3 is 0 Å². The molecule has 1 aromatic rings. The molecular weight excluding hydrogens is 350 g/mol. The van der Waals surface area contributed by atoms with E-state index < -0.39 is 16.1 Å². The van der Waals surface area contributed by atoms with Gasteiger partial charge in [-0.3, -0.25) is 0 Å². The zero-order valence-corrected chi connectivity index (χ0v) is 13.3. The van der Waals surface area contributed by atoms with Crippen LogP contribution in [-0.2, 0) is 10.0 Å². The minimum atomic E-state index is -3.62. The van der Waals surface area contributed by atoms with Gasteiger partial charge in [-0.05, 0) is 27.9 Å². The van der Waals surface area contributed by atoms with E-state index in [0.29, 0.717) is 8.81 Å². The summed E-state index contributed by atoms with van der Waals surface area (Å²) >= 11 is 9.99. The van der Waals surface area contributed by atoms with Gasteiger partial charge in [-0.15, -0.1) is 11.3 Å². The molecule has 0 aliphatic rings. The van der Waals surface area contributed by atoms with Gasteiger partial charge in [0.1, 0.15) is 4.21 Å². The van der Waals surface area contributed by atoms with Crippen molar-refractivity contribution in [3.63, 3.8) is 0 Å². The lowest BCUT2D eigenvalue weighted by Crippen LogP contribution is -2.40. The molecule has 0 unspecified atom stereocenters. The topological polar surface area (TPSA) is 66.4 Å². The standard InChI is InChI=1S/C9H13BrClNO3S2/c1-5(2)7(4-13)12-17(14,15)8-3-6(11)9(10)16-8/h3,5,7,12-13H,4H2,1-2H3/t7-/m1/s1. The molecule has 0 saturated carbocycles. The molecule has 1 rings (SSSR count). The monoisotopic (exact) mass is 361 g/mol. The number of aliphatic hydroxyl groups excluding tert-OH is 1. The molecule has 98 valence electrons. The molecule has 0 aliphatic heterocycles. The Bertz CT molecular complexity index is 467. The predicted molar refractivity (Wildman–Crippen MR) is 73.1 cm³/mol. The molecule has 1 heterocycles. The first-order valence-electron chi connectivity index (χ1n) is 4.86. The lowest BCUT2D eigenvalue weighted by Gasteiger charge is -2.19. The van der Waals surface area contributed by atoms with Crippen molar-refractivity contribution in [1.82, 2.24) is 4.72 Å². The van der Waals surface area contributed by atoms with Crippen LogP contribution in [0.5, 0.6) is 0 Å². The van der Waals surface area contributed by atoms with Crippen molar-refractivity contribution in [2.45, 2.75) is 24.1 Å². The van der Waals surface area contributed by atoms with Crippen molar-refractivity contribution in [3.05, 3.63) is 14.9 Å². The molecule has 0 saturated heterocycles. The Morgan fingerprint density at radius 3 is 2.53 bits per heavy atom. The van der Waals surface area contributed by atoms with Crippen molar-refractivity contribution in [3.8, 4) is 0 Å². The average molecular weight is 363 g/mol. The van der Waals surface area contributed by atoms with Gasteiger partial charge in [-0.25, -0.2) is 13.1 Å². The first-order chi connectivity index (χ1) is 7.77. The highest BCUT2D eigenvalue weighted by molar-refractivity contribution is 9.11. The fourth-order valence-electron chi connectivity index (χ4n) is 1.10. The van der Waals surface area contributed by atoms with Crippen molar-refractivity contribution < 1.29 is 13.5 Å². The first-order valence-corrected chi connectivity index (χ1v) is 8.33. The maximum atomic E-state index is 12.0. The van der Waals surface area contributed by atoms with Gasteiger partial charge in [0.05, 0.1) is 15.4 Å². The van der Waals surface area contributed by atoms with Gasteiger partial charge in [0, 0.05) is 6.04 Å². The summed E-state index contributed by atoms with van der Waals surface area (Å²) in [5, 5.41) is 9.47. The van der Waals surface area contributed by atoms with Crippen LogP contribution in [-0.4, -0.2) is 26.2 Å². The number of halogens is 2. The lowest BCUT2D eigenvalue weighted by molar-refractivity contribution is 0.228. The fourth-order valence-corrected chi connectivity index (χ4v) is 4.89. The second kappa shape index (κ2) is 5.99. The number of sulfonamides is 1. The molecule has 4 nitrogen and oxygen atoms in total. The minimum absolute atomic E-state index is 0.00801. The quantitative estimate of drug-likeness (QED) is 0.845. The van der Waals surface area contributed by atoms with Gasteiger partial charge in [0.2, 0.25) is 10.0 Å². The Balaban J connectivity index is 2.96. The van der Waals surface area contributed by atoms with Crippen LogP contribution in [0.2, 0.25) is 5.02 Å². The molecule has 0 spiro atoms. The molecule has 8 heteroatoms. The summed E-state index contributed by atoms with van der Waals surface area (Å²) in [4.78, 5) is 0. The Kier molecular flexibility index (Phi) is 5.42. The predicted octanol–water partition coefficient (Wildman–Crippen LogP) is 2.46. The molecule has 0 radical (unpaired) electrons. The van der Waals surface area contributed by atoms with E-state index in [9.17, 15) is 8.42 Å². The van der Waals surface area contributed by atoms with Crippen LogP contribution in [0, 0.1) is 5.92 Å². The number of aliphatic hydroxyl groups is 1. The molecule has 0 fully saturated rings. The van der Waals surface area contributed by atoms with Crippen LogP contribution in [0.1, 0.15) is 13.8 Å². The number of rotatable bonds is 5. The molecule has 0 aromatic carbocycles. The fraction of sp³-hybridized carbons (Fsp3) is 0.556. The van der Waals surface area contributed by atoms with Crippen LogP contribution >= 0.6 is 38.9 Å². The van der Waals surface area contributed by atoms with E-state index in [1.807, 2.05) is 13.8 Å². The Morgan fingerprint density at radius 2 is 2.18 bits per heavy atom. The number of nitrogens with one attached hydrogen (secondary N) is 1. The van der Waals surface area contributed by atoms with Gasteiger partial charge in [0.25, 0.3) is 0 Å². The molecule has 1 atom stereocenters. The first kappa shape index (κ1) is 15.4. The molecule has 0 amide bonds. The molecule has 1 aromatic heterocycles. The summed E-state index contributed by atoms with van der Waals surface area (Å²) < 4.78 is 27.1. The van der Waals surface area contributed by atoms with Gasteiger partial charge in [0.15, 0.2) is 0 Å². The van der Waals surface area contributed by atoms with E-state index in [1.54, 1.807) is 0 Å². The van der Waals surface area contributed by atoms with Crippen molar-refractivity contribution >= 4 is 48.9 Å². The molecule has 0 aliphatic carbocycles. The molecule has 17 heavy (non-hydrogen) atoms. The van der Waals surface area contributed by atoms with Gasteiger partial charge < -0.3 is 5.11 Å². The van der Waals surface area contributed by atoms with Crippen LogP contribution in [0.25, 0.3) is 0 Å². The van der Waals surface area contributed by atoms with Crippen LogP contribution in [0.15, 0.2) is 14.1 Å². The summed E-state index contributed by atoms with van der Waals surface area (Å²) in [6.07, 6.45) is 0. The highest BCUT2D eigenvalue weighted by Gasteiger charge is 2.24. The smallest absolute Gasteiger partial charge is 0.250 e. The summed E-state index contributed by atoms with van der Waals surface area (Å²) in [6.45, 7) is 3.43. The highest BCUT2D eigenvalue weighted by Crippen LogP contribution is 2.34. The third-order valence-corrected chi connectivity index (χ3v) is 6.63. The zero-order chi connectivity index (χ0) is 13.2. The van der Waals surface area contributed by atoms with Crippen LogP contribution in [0.4, 0.5) is 0 Å².